The summed E-state index contributed by atoms with van der Waals surface area (Å²) in [6.07, 6.45) is 2.84. The molecule has 2 aromatic carbocycles. The van der Waals surface area contributed by atoms with Gasteiger partial charge in [0, 0.05) is 24.2 Å². The number of aromatic nitrogens is 1. The molecule has 0 bridgehead atoms. The van der Waals surface area contributed by atoms with E-state index in [1.165, 1.54) is 12.1 Å². The summed E-state index contributed by atoms with van der Waals surface area (Å²) in [5.41, 5.74) is 2.99. The number of fused-ring (bicyclic) bond motifs is 1. The lowest BCUT2D eigenvalue weighted by Gasteiger charge is -2.11. The third-order valence-electron chi connectivity index (χ3n) is 3.86. The van der Waals surface area contributed by atoms with Crippen LogP contribution in [-0.4, -0.2) is 30.5 Å². The number of rotatable bonds is 6. The van der Waals surface area contributed by atoms with Crippen LogP contribution in [0.25, 0.3) is 10.9 Å². The van der Waals surface area contributed by atoms with Gasteiger partial charge in [0.1, 0.15) is 18.2 Å². The Morgan fingerprint density at radius 3 is 2.30 bits per heavy atom. The predicted octanol–water partition coefficient (Wildman–Crippen LogP) is 6.04. The molecule has 0 unspecified atom stereocenters. The van der Waals surface area contributed by atoms with Crippen molar-refractivity contribution in [3.05, 3.63) is 65.6 Å². The molecule has 0 aliphatic carbocycles. The Morgan fingerprint density at radius 1 is 1.00 bits per heavy atom. The molecule has 0 spiro atoms. The van der Waals surface area contributed by atoms with Crippen molar-refractivity contribution in [3.8, 4) is 5.75 Å². The molecule has 3 aromatic rings. The normalized spacial score (nSPS) is 10.1. The number of halogens is 1. The number of nitrogens with zero attached hydrogens (tertiary/aromatic N) is 1. The van der Waals surface area contributed by atoms with E-state index in [0.29, 0.717) is 12.4 Å². The molecule has 0 amide bonds. The first-order chi connectivity index (χ1) is 13.1. The van der Waals surface area contributed by atoms with Gasteiger partial charge < -0.3 is 14.6 Å². The Morgan fingerprint density at radius 2 is 1.67 bits per heavy atom. The van der Waals surface area contributed by atoms with Crippen molar-refractivity contribution >= 4 is 10.9 Å². The zero-order valence-corrected chi connectivity index (χ0v) is 17.5. The Hall–Kier alpha value is -2.33. The summed E-state index contributed by atoms with van der Waals surface area (Å²) in [5, 5.41) is 0.976. The third kappa shape index (κ3) is 6.72. The average Bonchev–Trinajstić information content (AvgIpc) is 3.11. The maximum atomic E-state index is 13.8. The number of ether oxygens (including phenoxy) is 1. The summed E-state index contributed by atoms with van der Waals surface area (Å²) in [5.74, 6) is 0.306. The van der Waals surface area contributed by atoms with Crippen LogP contribution in [0.1, 0.15) is 38.8 Å². The predicted molar refractivity (Wildman–Crippen MR) is 114 cm³/mol. The van der Waals surface area contributed by atoms with Gasteiger partial charge in [0.15, 0.2) is 0 Å². The standard InChI is InChI=1S/C19H21FN2O.2C2H6/c1-22(2)9-8-15-12-21-17-10-16(20)11-18(19(15)17)23-13-14-6-4-3-5-7-14;2*1-2/h3-7,10-12,21H,8-9,13H2,1-2H3;2*1-2H3. The van der Waals surface area contributed by atoms with E-state index in [-0.39, 0.29) is 5.82 Å². The fraction of sp³-hybridized carbons (Fsp3) is 0.391. The second-order valence-corrected chi connectivity index (χ2v) is 5.97. The van der Waals surface area contributed by atoms with Gasteiger partial charge >= 0.3 is 0 Å². The molecule has 3 nitrogen and oxygen atoms in total. The molecule has 1 N–H and O–H groups in total. The van der Waals surface area contributed by atoms with E-state index in [0.717, 1.165) is 35.0 Å². The van der Waals surface area contributed by atoms with Gasteiger partial charge in [-0.25, -0.2) is 4.39 Å². The highest BCUT2D eigenvalue weighted by Gasteiger charge is 2.12. The monoisotopic (exact) mass is 372 g/mol. The van der Waals surface area contributed by atoms with E-state index in [1.807, 2.05) is 78.3 Å². The molecule has 0 fully saturated rings. The number of H-pyrrole nitrogens is 1. The summed E-state index contributed by atoms with van der Waals surface area (Å²) in [7, 11) is 4.09. The van der Waals surface area contributed by atoms with Crippen LogP contribution in [0.5, 0.6) is 5.75 Å². The highest BCUT2D eigenvalue weighted by atomic mass is 19.1. The van der Waals surface area contributed by atoms with Crippen LogP contribution < -0.4 is 4.74 Å². The summed E-state index contributed by atoms with van der Waals surface area (Å²) in [4.78, 5) is 5.28. The number of aromatic amines is 1. The molecule has 0 saturated heterocycles. The summed E-state index contributed by atoms with van der Waals surface area (Å²) >= 11 is 0. The Bertz CT molecular complexity index is 782. The SMILES string of the molecule is CC.CC.CN(C)CCc1c[nH]c2cc(F)cc(OCc3ccccc3)c12. The lowest BCUT2D eigenvalue weighted by molar-refractivity contribution is 0.308. The molecule has 0 saturated carbocycles. The zero-order valence-electron chi connectivity index (χ0n) is 17.5. The van der Waals surface area contributed by atoms with Gasteiger partial charge in [-0.3, -0.25) is 0 Å². The Balaban J connectivity index is 0.000000855. The van der Waals surface area contributed by atoms with Gasteiger partial charge in [-0.15, -0.1) is 0 Å². The van der Waals surface area contributed by atoms with Gasteiger partial charge in [0.2, 0.25) is 0 Å². The fourth-order valence-electron chi connectivity index (χ4n) is 2.65. The first-order valence-corrected chi connectivity index (χ1v) is 9.74. The number of likely N-dealkylation sites (N-methyl/N-ethyl adjacent to an activating group) is 1. The summed E-state index contributed by atoms with van der Waals surface area (Å²) < 4.78 is 19.8. The van der Waals surface area contributed by atoms with Crippen LogP contribution in [0.4, 0.5) is 4.39 Å². The molecule has 4 heteroatoms. The van der Waals surface area contributed by atoms with Crippen LogP contribution in [0.2, 0.25) is 0 Å². The van der Waals surface area contributed by atoms with E-state index in [9.17, 15) is 4.39 Å². The minimum Gasteiger partial charge on any atom is -0.488 e. The number of nitrogens with one attached hydrogen (secondary N) is 1. The van der Waals surface area contributed by atoms with Crippen molar-refractivity contribution < 1.29 is 9.13 Å². The zero-order chi connectivity index (χ0) is 20.2. The van der Waals surface area contributed by atoms with Crippen molar-refractivity contribution in [1.29, 1.82) is 0 Å². The molecule has 0 aliphatic heterocycles. The minimum atomic E-state index is -0.290. The highest BCUT2D eigenvalue weighted by Crippen LogP contribution is 2.31. The van der Waals surface area contributed by atoms with Crippen LogP contribution in [0.15, 0.2) is 48.7 Å². The maximum absolute atomic E-state index is 13.8. The Labute approximate surface area is 163 Å². The molecule has 3 rings (SSSR count). The molecule has 0 atom stereocenters. The van der Waals surface area contributed by atoms with Gasteiger partial charge in [-0.1, -0.05) is 58.0 Å². The van der Waals surface area contributed by atoms with Crippen molar-refractivity contribution in [2.75, 3.05) is 20.6 Å². The number of hydrogen-bond acceptors (Lipinski definition) is 2. The average molecular weight is 373 g/mol. The second-order valence-electron chi connectivity index (χ2n) is 5.97. The van der Waals surface area contributed by atoms with Crippen molar-refractivity contribution in [2.24, 2.45) is 0 Å². The number of benzene rings is 2. The molecular weight excluding hydrogens is 339 g/mol. The van der Waals surface area contributed by atoms with Crippen LogP contribution >= 0.6 is 0 Å². The smallest absolute Gasteiger partial charge is 0.132 e. The van der Waals surface area contributed by atoms with Gasteiger partial charge in [0.25, 0.3) is 0 Å². The lowest BCUT2D eigenvalue weighted by Crippen LogP contribution is -2.14. The van der Waals surface area contributed by atoms with Crippen LogP contribution in [-0.2, 0) is 13.0 Å². The molecule has 27 heavy (non-hydrogen) atoms. The topological polar surface area (TPSA) is 28.3 Å². The van der Waals surface area contributed by atoms with Crippen molar-refractivity contribution in [2.45, 2.75) is 40.7 Å². The molecule has 1 aromatic heterocycles. The lowest BCUT2D eigenvalue weighted by atomic mass is 10.1. The molecule has 148 valence electrons. The summed E-state index contributed by atoms with van der Waals surface area (Å²) in [6, 6.07) is 12.9. The van der Waals surface area contributed by atoms with E-state index >= 15 is 0 Å². The molecule has 1 heterocycles. The van der Waals surface area contributed by atoms with Crippen LogP contribution in [0, 0.1) is 5.82 Å². The molecule has 0 aliphatic rings. The van der Waals surface area contributed by atoms with Crippen molar-refractivity contribution in [3.63, 3.8) is 0 Å². The summed E-state index contributed by atoms with van der Waals surface area (Å²) in [6.45, 7) is 9.36. The van der Waals surface area contributed by atoms with E-state index in [4.69, 9.17) is 4.74 Å². The fourth-order valence-corrected chi connectivity index (χ4v) is 2.65. The van der Waals surface area contributed by atoms with Crippen molar-refractivity contribution in [1.82, 2.24) is 9.88 Å². The first kappa shape index (κ1) is 22.7. The highest BCUT2D eigenvalue weighted by molar-refractivity contribution is 5.89. The maximum Gasteiger partial charge on any atom is 0.132 e. The first-order valence-electron chi connectivity index (χ1n) is 9.74. The van der Waals surface area contributed by atoms with E-state index in [1.54, 1.807) is 0 Å². The number of hydrogen-bond donors (Lipinski definition) is 1. The Kier molecular flexibility index (Phi) is 10.2. The quantitative estimate of drug-likeness (QED) is 0.571. The van der Waals surface area contributed by atoms with E-state index in [2.05, 4.69) is 9.88 Å². The van der Waals surface area contributed by atoms with Crippen LogP contribution in [0.3, 0.4) is 0 Å². The molecular formula is C23H33FN2O. The second kappa shape index (κ2) is 12.1. The van der Waals surface area contributed by atoms with Gasteiger partial charge in [-0.2, -0.15) is 0 Å². The van der Waals surface area contributed by atoms with E-state index < -0.39 is 0 Å². The largest absolute Gasteiger partial charge is 0.488 e. The van der Waals surface area contributed by atoms with Gasteiger partial charge in [0.05, 0.1) is 5.52 Å². The minimum absolute atomic E-state index is 0.290. The van der Waals surface area contributed by atoms with Gasteiger partial charge in [-0.05, 0) is 37.7 Å². The molecule has 0 radical (unpaired) electrons. The third-order valence-corrected chi connectivity index (χ3v) is 3.86.